The SMILES string of the molecule is CC(=O)O[C@H]1C=CC[C@H]2C(=O)c3c(O)cccc3[C@](C)(O)[C@H]12. The Morgan fingerprint density at radius 1 is 1.41 bits per heavy atom. The van der Waals surface area contributed by atoms with Gasteiger partial charge in [-0.2, -0.15) is 0 Å². The summed E-state index contributed by atoms with van der Waals surface area (Å²) in [6, 6.07) is 4.66. The number of carbonyl (C=O) groups excluding carboxylic acids is 2. The third-order valence-corrected chi connectivity index (χ3v) is 4.63. The van der Waals surface area contributed by atoms with E-state index in [1.165, 1.54) is 13.0 Å². The van der Waals surface area contributed by atoms with Gasteiger partial charge >= 0.3 is 5.97 Å². The molecule has 2 N–H and O–H groups in total. The average Bonchev–Trinajstić information content (AvgIpc) is 2.44. The van der Waals surface area contributed by atoms with Gasteiger partial charge in [-0.05, 0) is 31.1 Å². The number of aromatic hydroxyl groups is 1. The van der Waals surface area contributed by atoms with E-state index in [4.69, 9.17) is 4.74 Å². The van der Waals surface area contributed by atoms with Crippen LogP contribution in [0.2, 0.25) is 0 Å². The van der Waals surface area contributed by atoms with Gasteiger partial charge in [0, 0.05) is 18.8 Å². The van der Waals surface area contributed by atoms with Crippen LogP contribution in [-0.2, 0) is 15.1 Å². The molecule has 0 amide bonds. The normalized spacial score (nSPS) is 33.0. The van der Waals surface area contributed by atoms with Crippen LogP contribution in [0.1, 0.15) is 36.2 Å². The first-order chi connectivity index (χ1) is 10.3. The van der Waals surface area contributed by atoms with Gasteiger partial charge in [0.2, 0.25) is 0 Å². The second kappa shape index (κ2) is 4.95. The molecule has 0 bridgehead atoms. The standard InChI is InChI=1S/C17H18O5/c1-9(18)22-13-8-3-5-10-15(13)17(2,21)11-6-4-7-12(19)14(11)16(10)20/h3-4,6-8,10,13,15,19,21H,5H2,1-2H3/t10-,13+,15+,17+/m1/s1. The minimum absolute atomic E-state index is 0.125. The lowest BCUT2D eigenvalue weighted by atomic mass is 9.61. The van der Waals surface area contributed by atoms with Crippen LogP contribution in [0.5, 0.6) is 5.75 Å². The lowest BCUT2D eigenvalue weighted by Crippen LogP contribution is -2.52. The summed E-state index contributed by atoms with van der Waals surface area (Å²) in [5.41, 5.74) is -0.825. The number of phenolic OH excluding ortho intramolecular Hbond substituents is 1. The Morgan fingerprint density at radius 3 is 2.82 bits per heavy atom. The smallest absolute Gasteiger partial charge is 0.303 e. The number of ketones is 1. The van der Waals surface area contributed by atoms with E-state index in [1.807, 2.05) is 0 Å². The van der Waals surface area contributed by atoms with E-state index >= 15 is 0 Å². The van der Waals surface area contributed by atoms with E-state index in [0.717, 1.165) is 0 Å². The van der Waals surface area contributed by atoms with Gasteiger partial charge in [-0.3, -0.25) is 9.59 Å². The highest BCUT2D eigenvalue weighted by molar-refractivity contribution is 6.03. The van der Waals surface area contributed by atoms with E-state index in [9.17, 15) is 19.8 Å². The number of rotatable bonds is 1. The molecule has 5 heteroatoms. The van der Waals surface area contributed by atoms with Crippen LogP contribution in [-0.4, -0.2) is 28.1 Å². The van der Waals surface area contributed by atoms with E-state index in [2.05, 4.69) is 0 Å². The van der Waals surface area contributed by atoms with Crippen molar-refractivity contribution in [3.63, 3.8) is 0 Å². The number of aliphatic hydroxyl groups is 1. The summed E-state index contributed by atoms with van der Waals surface area (Å²) in [4.78, 5) is 24.1. The highest BCUT2D eigenvalue weighted by Crippen LogP contribution is 2.49. The summed E-state index contributed by atoms with van der Waals surface area (Å²) in [7, 11) is 0. The number of esters is 1. The van der Waals surface area contributed by atoms with E-state index in [1.54, 1.807) is 31.2 Å². The number of fused-ring (bicyclic) bond motifs is 2. The van der Waals surface area contributed by atoms with Crippen LogP contribution >= 0.6 is 0 Å². The van der Waals surface area contributed by atoms with E-state index in [-0.39, 0.29) is 17.1 Å². The van der Waals surface area contributed by atoms with Crippen molar-refractivity contribution in [2.24, 2.45) is 11.8 Å². The molecule has 0 heterocycles. The molecule has 0 aliphatic heterocycles. The first kappa shape index (κ1) is 14.8. The lowest BCUT2D eigenvalue weighted by Gasteiger charge is -2.46. The molecule has 2 aliphatic carbocycles. The van der Waals surface area contributed by atoms with Crippen LogP contribution in [0.15, 0.2) is 30.4 Å². The van der Waals surface area contributed by atoms with Gasteiger partial charge in [0.1, 0.15) is 11.9 Å². The van der Waals surface area contributed by atoms with Gasteiger partial charge in [-0.15, -0.1) is 0 Å². The quantitative estimate of drug-likeness (QED) is 0.611. The van der Waals surface area contributed by atoms with Crippen molar-refractivity contribution in [1.82, 2.24) is 0 Å². The number of ether oxygens (including phenoxy) is 1. The monoisotopic (exact) mass is 302 g/mol. The van der Waals surface area contributed by atoms with Gasteiger partial charge in [0.05, 0.1) is 11.2 Å². The van der Waals surface area contributed by atoms with Crippen molar-refractivity contribution in [3.8, 4) is 5.75 Å². The minimum atomic E-state index is -1.38. The van der Waals surface area contributed by atoms with Crippen molar-refractivity contribution in [3.05, 3.63) is 41.5 Å². The van der Waals surface area contributed by atoms with Crippen molar-refractivity contribution in [2.75, 3.05) is 0 Å². The van der Waals surface area contributed by atoms with Gasteiger partial charge < -0.3 is 14.9 Å². The van der Waals surface area contributed by atoms with Crippen LogP contribution in [0.3, 0.4) is 0 Å². The highest BCUT2D eigenvalue weighted by Gasteiger charge is 2.53. The molecular weight excluding hydrogens is 284 g/mol. The van der Waals surface area contributed by atoms with Crippen LogP contribution in [0.25, 0.3) is 0 Å². The summed E-state index contributed by atoms with van der Waals surface area (Å²) >= 11 is 0. The molecule has 4 atom stereocenters. The Balaban J connectivity index is 2.16. The molecule has 3 rings (SSSR count). The minimum Gasteiger partial charge on any atom is -0.507 e. The molecular formula is C17H18O5. The van der Waals surface area contributed by atoms with Crippen molar-refractivity contribution >= 4 is 11.8 Å². The molecule has 2 aliphatic rings. The second-order valence-electron chi connectivity index (χ2n) is 6.08. The molecule has 0 saturated heterocycles. The molecule has 0 aromatic heterocycles. The molecule has 0 fully saturated rings. The molecule has 0 saturated carbocycles. The second-order valence-corrected chi connectivity index (χ2v) is 6.08. The van der Waals surface area contributed by atoms with Crippen LogP contribution in [0, 0.1) is 11.8 Å². The summed E-state index contributed by atoms with van der Waals surface area (Å²) < 4.78 is 5.29. The summed E-state index contributed by atoms with van der Waals surface area (Å²) in [6.07, 6.45) is 3.29. The largest absolute Gasteiger partial charge is 0.507 e. The Bertz CT molecular complexity index is 674. The summed E-state index contributed by atoms with van der Waals surface area (Å²) in [5.74, 6) is -1.89. The van der Waals surface area contributed by atoms with E-state index in [0.29, 0.717) is 12.0 Å². The fourth-order valence-corrected chi connectivity index (χ4v) is 3.73. The summed E-state index contributed by atoms with van der Waals surface area (Å²) in [5, 5.41) is 21.1. The zero-order valence-electron chi connectivity index (χ0n) is 12.4. The number of phenols is 1. The number of hydrogen-bond acceptors (Lipinski definition) is 5. The Hall–Kier alpha value is -2.14. The average molecular weight is 302 g/mol. The fourth-order valence-electron chi connectivity index (χ4n) is 3.73. The van der Waals surface area contributed by atoms with Gasteiger partial charge in [0.15, 0.2) is 5.78 Å². The predicted molar refractivity (Wildman–Crippen MR) is 78.3 cm³/mol. The number of Topliss-reactive ketones (excluding diaryl/α,β-unsaturated/α-hetero) is 1. The van der Waals surface area contributed by atoms with E-state index < -0.39 is 29.5 Å². The molecule has 1 aromatic carbocycles. The fraction of sp³-hybridized carbons (Fsp3) is 0.412. The third-order valence-electron chi connectivity index (χ3n) is 4.63. The van der Waals surface area contributed by atoms with Crippen molar-refractivity contribution in [1.29, 1.82) is 0 Å². The summed E-state index contributed by atoms with van der Waals surface area (Å²) in [6.45, 7) is 2.90. The zero-order valence-corrected chi connectivity index (χ0v) is 12.4. The van der Waals surface area contributed by atoms with Gasteiger partial charge in [0.25, 0.3) is 0 Å². The number of allylic oxidation sites excluding steroid dienone is 1. The highest BCUT2D eigenvalue weighted by atomic mass is 16.5. The van der Waals surface area contributed by atoms with Crippen molar-refractivity contribution in [2.45, 2.75) is 32.0 Å². The molecule has 1 aromatic rings. The predicted octanol–water partition coefficient (Wildman–Crippen LogP) is 1.92. The third kappa shape index (κ3) is 2.04. The number of carbonyl (C=O) groups is 2. The molecule has 116 valence electrons. The molecule has 22 heavy (non-hydrogen) atoms. The lowest BCUT2D eigenvalue weighted by molar-refractivity contribution is -0.155. The Morgan fingerprint density at radius 2 is 2.14 bits per heavy atom. The number of hydrogen-bond donors (Lipinski definition) is 2. The maximum absolute atomic E-state index is 12.7. The van der Waals surface area contributed by atoms with Gasteiger partial charge in [-0.25, -0.2) is 0 Å². The maximum Gasteiger partial charge on any atom is 0.303 e. The van der Waals surface area contributed by atoms with Gasteiger partial charge in [-0.1, -0.05) is 18.2 Å². The number of benzene rings is 1. The topological polar surface area (TPSA) is 83.8 Å². The maximum atomic E-state index is 12.7. The Kier molecular flexibility index (Phi) is 3.33. The molecule has 0 radical (unpaired) electrons. The first-order valence-corrected chi connectivity index (χ1v) is 7.27. The van der Waals surface area contributed by atoms with Crippen LogP contribution in [0.4, 0.5) is 0 Å². The molecule has 0 unspecified atom stereocenters. The Labute approximate surface area is 128 Å². The van der Waals surface area contributed by atoms with Crippen LogP contribution < -0.4 is 0 Å². The van der Waals surface area contributed by atoms with Crippen molar-refractivity contribution < 1.29 is 24.5 Å². The zero-order chi connectivity index (χ0) is 16.1. The first-order valence-electron chi connectivity index (χ1n) is 7.27. The molecule has 5 nitrogen and oxygen atoms in total. The molecule has 0 spiro atoms.